The zero-order chi connectivity index (χ0) is 30.2. The van der Waals surface area contributed by atoms with Crippen LogP contribution in [0.4, 0.5) is 10.5 Å². The van der Waals surface area contributed by atoms with Gasteiger partial charge in [-0.1, -0.05) is 61.5 Å². The first-order valence-electron chi connectivity index (χ1n) is 14.7. The molecule has 0 aromatic heterocycles. The lowest BCUT2D eigenvalue weighted by Crippen LogP contribution is -2.46. The van der Waals surface area contributed by atoms with Crippen LogP contribution < -0.4 is 15.4 Å². The van der Waals surface area contributed by atoms with Gasteiger partial charge in [0.25, 0.3) is 5.91 Å². The SMILES string of the molecule is CO[C@H]1CN(C)C(=O)c2cc(NC(=O)NC(C)C)ccc2OC[C@H](C)N(Cc2ccc(-c3ccccc3)cc2)C[C@@H]1C. The fourth-order valence-corrected chi connectivity index (χ4v) is 5.25. The van der Waals surface area contributed by atoms with E-state index in [-0.39, 0.29) is 36.0 Å². The number of fused-ring (bicyclic) bond motifs is 1. The number of ether oxygens (including phenoxy) is 2. The lowest BCUT2D eigenvalue weighted by atomic mass is 10.0. The number of rotatable bonds is 6. The number of hydrogen-bond acceptors (Lipinski definition) is 5. The number of amides is 3. The number of anilines is 1. The minimum atomic E-state index is -0.325. The van der Waals surface area contributed by atoms with Gasteiger partial charge in [0.15, 0.2) is 0 Å². The lowest BCUT2D eigenvalue weighted by molar-refractivity contribution is 0.00922. The molecule has 1 aliphatic rings. The number of carbonyl (C=O) groups excluding carboxylic acids is 2. The maximum Gasteiger partial charge on any atom is 0.319 e. The number of likely N-dealkylation sites (N-methyl/N-ethyl adjacent to an activating group) is 1. The van der Waals surface area contributed by atoms with Gasteiger partial charge in [0.2, 0.25) is 0 Å². The Morgan fingerprint density at radius 1 is 1.00 bits per heavy atom. The molecule has 4 rings (SSSR count). The van der Waals surface area contributed by atoms with Gasteiger partial charge < -0.3 is 25.0 Å². The molecule has 3 amide bonds. The highest BCUT2D eigenvalue weighted by atomic mass is 16.5. The van der Waals surface area contributed by atoms with E-state index < -0.39 is 0 Å². The summed E-state index contributed by atoms with van der Waals surface area (Å²) in [6, 6.07) is 24.0. The molecule has 42 heavy (non-hydrogen) atoms. The van der Waals surface area contributed by atoms with E-state index in [1.165, 1.54) is 16.7 Å². The summed E-state index contributed by atoms with van der Waals surface area (Å²) >= 11 is 0. The van der Waals surface area contributed by atoms with Gasteiger partial charge >= 0.3 is 6.03 Å². The topological polar surface area (TPSA) is 83.1 Å². The molecule has 2 N–H and O–H groups in total. The fraction of sp³-hybridized carbons (Fsp3) is 0.412. The molecule has 0 saturated carbocycles. The highest BCUT2D eigenvalue weighted by molar-refractivity contribution is 5.99. The molecule has 224 valence electrons. The third kappa shape index (κ3) is 8.11. The zero-order valence-electron chi connectivity index (χ0n) is 25.6. The number of methoxy groups -OCH3 is 1. The van der Waals surface area contributed by atoms with Crippen molar-refractivity contribution in [1.29, 1.82) is 0 Å². The summed E-state index contributed by atoms with van der Waals surface area (Å²) in [4.78, 5) is 30.0. The second kappa shape index (κ2) is 14.3. The van der Waals surface area contributed by atoms with Gasteiger partial charge in [0, 0.05) is 51.6 Å². The number of urea groups is 1. The molecule has 0 bridgehead atoms. The molecular formula is C34H44N4O4. The quantitative estimate of drug-likeness (QED) is 0.385. The van der Waals surface area contributed by atoms with Crippen LogP contribution in [0, 0.1) is 5.92 Å². The van der Waals surface area contributed by atoms with Crippen molar-refractivity contribution in [2.45, 2.75) is 52.4 Å². The zero-order valence-corrected chi connectivity index (χ0v) is 25.6. The van der Waals surface area contributed by atoms with E-state index in [2.05, 4.69) is 77.9 Å². The van der Waals surface area contributed by atoms with Crippen molar-refractivity contribution < 1.29 is 19.1 Å². The summed E-state index contributed by atoms with van der Waals surface area (Å²) in [5.41, 5.74) is 4.53. The summed E-state index contributed by atoms with van der Waals surface area (Å²) in [6.07, 6.45) is -0.156. The van der Waals surface area contributed by atoms with Gasteiger partial charge in [-0.3, -0.25) is 9.69 Å². The van der Waals surface area contributed by atoms with Gasteiger partial charge in [0.1, 0.15) is 12.4 Å². The third-order valence-corrected chi connectivity index (χ3v) is 7.70. The molecule has 8 nitrogen and oxygen atoms in total. The Balaban J connectivity index is 1.58. The summed E-state index contributed by atoms with van der Waals surface area (Å²) < 4.78 is 12.2. The molecule has 0 aliphatic carbocycles. The van der Waals surface area contributed by atoms with Gasteiger partial charge in [-0.15, -0.1) is 0 Å². The summed E-state index contributed by atoms with van der Waals surface area (Å²) in [6.45, 7) is 10.5. The number of carbonyl (C=O) groups is 2. The van der Waals surface area contributed by atoms with Crippen molar-refractivity contribution in [2.24, 2.45) is 5.92 Å². The molecule has 8 heteroatoms. The van der Waals surface area contributed by atoms with E-state index in [1.54, 1.807) is 37.3 Å². The monoisotopic (exact) mass is 572 g/mol. The number of benzene rings is 3. The lowest BCUT2D eigenvalue weighted by Gasteiger charge is -2.36. The molecule has 3 atom stereocenters. The average Bonchev–Trinajstić information content (AvgIpc) is 2.98. The fourth-order valence-electron chi connectivity index (χ4n) is 5.25. The molecule has 1 heterocycles. The van der Waals surface area contributed by atoms with E-state index in [1.807, 2.05) is 19.9 Å². The van der Waals surface area contributed by atoms with Crippen molar-refractivity contribution in [3.8, 4) is 16.9 Å². The van der Waals surface area contributed by atoms with E-state index in [9.17, 15) is 9.59 Å². The predicted octanol–water partition coefficient (Wildman–Crippen LogP) is 5.89. The minimum Gasteiger partial charge on any atom is -0.491 e. The van der Waals surface area contributed by atoms with Crippen molar-refractivity contribution in [3.63, 3.8) is 0 Å². The van der Waals surface area contributed by atoms with Crippen LogP contribution in [0.3, 0.4) is 0 Å². The van der Waals surface area contributed by atoms with Crippen LogP contribution in [0.5, 0.6) is 5.75 Å². The van der Waals surface area contributed by atoms with Crippen LogP contribution in [-0.4, -0.2) is 73.8 Å². The van der Waals surface area contributed by atoms with E-state index in [4.69, 9.17) is 9.47 Å². The predicted molar refractivity (Wildman–Crippen MR) is 168 cm³/mol. The maximum atomic E-state index is 13.6. The van der Waals surface area contributed by atoms with Crippen molar-refractivity contribution >= 4 is 17.6 Å². The molecular weight excluding hydrogens is 528 g/mol. The Labute approximate surface area is 250 Å². The molecule has 3 aromatic carbocycles. The highest BCUT2D eigenvalue weighted by Crippen LogP contribution is 2.27. The van der Waals surface area contributed by atoms with Crippen LogP contribution in [0.2, 0.25) is 0 Å². The molecule has 0 fully saturated rings. The van der Waals surface area contributed by atoms with Gasteiger partial charge in [-0.25, -0.2) is 4.79 Å². The normalized spacial score (nSPS) is 20.2. The van der Waals surface area contributed by atoms with E-state index in [0.29, 0.717) is 30.2 Å². The number of nitrogens with zero attached hydrogens (tertiary/aromatic N) is 2. The van der Waals surface area contributed by atoms with Gasteiger partial charge in [0.05, 0.1) is 11.7 Å². The Morgan fingerprint density at radius 3 is 2.36 bits per heavy atom. The van der Waals surface area contributed by atoms with Crippen LogP contribution >= 0.6 is 0 Å². The largest absolute Gasteiger partial charge is 0.491 e. The second-order valence-electron chi connectivity index (χ2n) is 11.6. The maximum absolute atomic E-state index is 13.6. The van der Waals surface area contributed by atoms with E-state index >= 15 is 0 Å². The van der Waals surface area contributed by atoms with E-state index in [0.717, 1.165) is 13.1 Å². The minimum absolute atomic E-state index is 0.00964. The third-order valence-electron chi connectivity index (χ3n) is 7.70. The van der Waals surface area contributed by atoms with Gasteiger partial charge in [-0.05, 0) is 61.6 Å². The first kappa shape index (κ1) is 31.1. The standard InChI is InChI=1S/C34H44N4O4/c1-23(2)35-34(40)36-29-16-17-31-30(18-29)33(39)37(5)21-32(41-6)24(3)19-38(25(4)22-42-31)20-26-12-14-28(15-13-26)27-10-8-7-9-11-27/h7-18,23-25,32H,19-22H2,1-6H3,(H2,35,36,40)/t24-,25-,32-/m0/s1. The van der Waals surface area contributed by atoms with Crippen molar-refractivity contribution in [2.75, 3.05) is 39.2 Å². The molecule has 0 spiro atoms. The van der Waals surface area contributed by atoms with Crippen LogP contribution in [-0.2, 0) is 11.3 Å². The highest BCUT2D eigenvalue weighted by Gasteiger charge is 2.28. The Hall–Kier alpha value is -3.88. The molecule has 0 radical (unpaired) electrons. The van der Waals surface area contributed by atoms with Crippen LogP contribution in [0.1, 0.15) is 43.6 Å². The Morgan fingerprint density at radius 2 is 1.69 bits per heavy atom. The number of nitrogens with one attached hydrogen (secondary N) is 2. The average molecular weight is 573 g/mol. The summed E-state index contributed by atoms with van der Waals surface area (Å²) in [5, 5.41) is 5.63. The second-order valence-corrected chi connectivity index (χ2v) is 11.6. The van der Waals surface area contributed by atoms with Gasteiger partial charge in [-0.2, -0.15) is 0 Å². The van der Waals surface area contributed by atoms with Crippen molar-refractivity contribution in [3.05, 3.63) is 83.9 Å². The smallest absolute Gasteiger partial charge is 0.319 e. The van der Waals surface area contributed by atoms with Crippen molar-refractivity contribution in [1.82, 2.24) is 15.1 Å². The molecule has 1 aliphatic heterocycles. The number of hydrogen-bond donors (Lipinski definition) is 2. The summed E-state index contributed by atoms with van der Waals surface area (Å²) in [5.74, 6) is 0.460. The van der Waals surface area contributed by atoms with Crippen LogP contribution in [0.25, 0.3) is 11.1 Å². The molecule has 0 unspecified atom stereocenters. The Kier molecular flexibility index (Phi) is 10.6. The molecule has 3 aromatic rings. The first-order chi connectivity index (χ1) is 20.1. The molecule has 0 saturated heterocycles. The van der Waals surface area contributed by atoms with Crippen LogP contribution in [0.15, 0.2) is 72.8 Å². The Bertz CT molecular complexity index is 1330. The summed E-state index contributed by atoms with van der Waals surface area (Å²) in [7, 11) is 3.48. The first-order valence-corrected chi connectivity index (χ1v) is 14.7.